The van der Waals surface area contributed by atoms with Crippen LogP contribution in [0.5, 0.6) is 0 Å². The summed E-state index contributed by atoms with van der Waals surface area (Å²) in [6, 6.07) is 3.49. The number of amides is 1. The first-order valence-electron chi connectivity index (χ1n) is 6.94. The molecule has 1 rings (SSSR count). The summed E-state index contributed by atoms with van der Waals surface area (Å²) in [6.07, 6.45) is -2.53. The number of nitrogens with one attached hydrogen (secondary N) is 2. The normalized spacial score (nSPS) is 13.7. The van der Waals surface area contributed by atoms with E-state index < -0.39 is 18.1 Å². The molecule has 4 nitrogen and oxygen atoms in total. The van der Waals surface area contributed by atoms with Crippen molar-refractivity contribution in [3.63, 3.8) is 0 Å². The Hall–Kier alpha value is -1.51. The monoisotopic (exact) mass is 379 g/mol. The molecular weight excluding hydrogens is 363 g/mol. The highest BCUT2D eigenvalue weighted by atomic mass is 35.5. The molecule has 0 bridgehead atoms. The van der Waals surface area contributed by atoms with E-state index in [-0.39, 0.29) is 17.0 Å². The van der Waals surface area contributed by atoms with Crippen LogP contribution >= 0.6 is 23.5 Å². The molecule has 0 saturated carbocycles. The van der Waals surface area contributed by atoms with Crippen LogP contribution in [0.1, 0.15) is 18.5 Å². The van der Waals surface area contributed by atoms with Crippen LogP contribution in [0, 0.1) is 5.41 Å². The van der Waals surface area contributed by atoms with Crippen LogP contribution in [0.3, 0.4) is 0 Å². The summed E-state index contributed by atoms with van der Waals surface area (Å²) in [7, 11) is 1.37. The van der Waals surface area contributed by atoms with E-state index in [4.69, 9.17) is 17.0 Å². The number of carbonyl (C=O) groups is 1. The van der Waals surface area contributed by atoms with Gasteiger partial charge in [0.2, 0.25) is 0 Å². The van der Waals surface area contributed by atoms with Crippen LogP contribution in [-0.2, 0) is 4.79 Å². The first-order chi connectivity index (χ1) is 11.2. The predicted octanol–water partition coefficient (Wildman–Crippen LogP) is 4.19. The Morgan fingerprint density at radius 2 is 2.00 bits per heavy atom. The molecule has 0 radical (unpaired) electrons. The van der Waals surface area contributed by atoms with E-state index in [0.29, 0.717) is 17.0 Å². The molecule has 0 heterocycles. The molecule has 1 amide bonds. The zero-order valence-corrected chi connectivity index (χ0v) is 14.6. The largest absolute Gasteiger partial charge is 0.408 e. The van der Waals surface area contributed by atoms with Gasteiger partial charge in [0.1, 0.15) is 6.04 Å². The predicted molar refractivity (Wildman–Crippen MR) is 91.2 cm³/mol. The van der Waals surface area contributed by atoms with Crippen LogP contribution in [0.4, 0.5) is 13.2 Å². The molecule has 24 heavy (non-hydrogen) atoms. The lowest BCUT2D eigenvalue weighted by Crippen LogP contribution is -2.35. The molecular formula is C15H17ClF3N3OS. The molecule has 1 aromatic carbocycles. The maximum absolute atomic E-state index is 13.6. The van der Waals surface area contributed by atoms with Gasteiger partial charge < -0.3 is 10.7 Å². The standard InChI is InChI=1S/C15H17ClF3N3OS/c1-3-22(24-12(8-9-20)14(23)21-2)13(15(17,18)19)10-4-6-11(16)7-5-10/h4-9,13,20H,3H2,1-2H3,(H,21,23)/b12-8+,20-9?/t13-/m1/s1. The van der Waals surface area contributed by atoms with Crippen LogP contribution in [0.2, 0.25) is 5.02 Å². The fourth-order valence-electron chi connectivity index (χ4n) is 1.94. The van der Waals surface area contributed by atoms with E-state index in [1.165, 1.54) is 31.3 Å². The van der Waals surface area contributed by atoms with Crippen LogP contribution < -0.4 is 5.32 Å². The maximum atomic E-state index is 13.6. The molecule has 132 valence electrons. The lowest BCUT2D eigenvalue weighted by atomic mass is 10.1. The van der Waals surface area contributed by atoms with Gasteiger partial charge in [-0.1, -0.05) is 30.7 Å². The van der Waals surface area contributed by atoms with Crippen molar-refractivity contribution in [1.82, 2.24) is 9.62 Å². The molecule has 0 spiro atoms. The number of benzene rings is 1. The minimum atomic E-state index is -4.55. The molecule has 2 N–H and O–H groups in total. The molecule has 0 aliphatic rings. The van der Waals surface area contributed by atoms with Crippen molar-refractivity contribution in [1.29, 1.82) is 5.41 Å². The van der Waals surface area contributed by atoms with Crippen molar-refractivity contribution in [2.24, 2.45) is 0 Å². The lowest BCUT2D eigenvalue weighted by Gasteiger charge is -2.31. The molecule has 1 aromatic rings. The fourth-order valence-corrected chi connectivity index (χ4v) is 3.10. The highest BCUT2D eigenvalue weighted by molar-refractivity contribution is 8.01. The van der Waals surface area contributed by atoms with E-state index in [9.17, 15) is 18.0 Å². The smallest absolute Gasteiger partial charge is 0.355 e. The van der Waals surface area contributed by atoms with Gasteiger partial charge in [-0.05, 0) is 35.7 Å². The lowest BCUT2D eigenvalue weighted by molar-refractivity contribution is -0.172. The summed E-state index contributed by atoms with van der Waals surface area (Å²) in [5, 5.41) is 9.76. The summed E-state index contributed by atoms with van der Waals surface area (Å²) in [6.45, 7) is 1.59. The van der Waals surface area contributed by atoms with Crippen LogP contribution in [-0.4, -0.2) is 36.2 Å². The first kappa shape index (κ1) is 20.5. The minimum Gasteiger partial charge on any atom is -0.355 e. The van der Waals surface area contributed by atoms with Crippen LogP contribution in [0.15, 0.2) is 35.2 Å². The zero-order valence-electron chi connectivity index (χ0n) is 13.0. The summed E-state index contributed by atoms with van der Waals surface area (Å²) in [4.78, 5) is 11.8. The average Bonchev–Trinajstić information content (AvgIpc) is 2.53. The highest BCUT2D eigenvalue weighted by Gasteiger charge is 2.45. The van der Waals surface area contributed by atoms with Gasteiger partial charge in [0, 0.05) is 24.8 Å². The van der Waals surface area contributed by atoms with Gasteiger partial charge in [-0.15, -0.1) is 0 Å². The Morgan fingerprint density at radius 3 is 2.42 bits per heavy atom. The third-order valence-electron chi connectivity index (χ3n) is 3.00. The van der Waals surface area contributed by atoms with Crippen molar-refractivity contribution in [2.45, 2.75) is 19.1 Å². The second-order valence-corrected chi connectivity index (χ2v) is 6.12. The topological polar surface area (TPSA) is 56.2 Å². The number of allylic oxidation sites excluding steroid dienone is 1. The molecule has 9 heteroatoms. The van der Waals surface area contributed by atoms with Crippen molar-refractivity contribution in [2.75, 3.05) is 13.6 Å². The molecule has 0 aliphatic heterocycles. The van der Waals surface area contributed by atoms with Gasteiger partial charge in [-0.2, -0.15) is 13.2 Å². The number of rotatable bonds is 7. The molecule has 0 unspecified atom stereocenters. The maximum Gasteiger partial charge on any atom is 0.408 e. The Kier molecular flexibility index (Phi) is 7.78. The molecule has 0 fully saturated rings. The van der Waals surface area contributed by atoms with Gasteiger partial charge in [0.15, 0.2) is 0 Å². The zero-order chi connectivity index (χ0) is 18.3. The van der Waals surface area contributed by atoms with Crippen molar-refractivity contribution >= 4 is 35.7 Å². The highest BCUT2D eigenvalue weighted by Crippen LogP contribution is 2.42. The molecule has 0 aliphatic carbocycles. The molecule has 0 saturated heterocycles. The Balaban J connectivity index is 3.23. The summed E-state index contributed by atoms with van der Waals surface area (Å²) in [5.41, 5.74) is 0.0207. The summed E-state index contributed by atoms with van der Waals surface area (Å²) < 4.78 is 41.9. The summed E-state index contributed by atoms with van der Waals surface area (Å²) >= 11 is 6.40. The number of hydrogen-bond acceptors (Lipinski definition) is 4. The van der Waals surface area contributed by atoms with Crippen molar-refractivity contribution in [3.8, 4) is 0 Å². The quantitative estimate of drug-likeness (QED) is 0.424. The van der Waals surface area contributed by atoms with E-state index in [1.807, 2.05) is 0 Å². The van der Waals surface area contributed by atoms with Gasteiger partial charge in [-0.3, -0.25) is 4.79 Å². The average molecular weight is 380 g/mol. The van der Waals surface area contributed by atoms with Gasteiger partial charge in [0.25, 0.3) is 5.91 Å². The van der Waals surface area contributed by atoms with Gasteiger partial charge in [-0.25, -0.2) is 4.31 Å². The Bertz CT molecular complexity index is 605. The van der Waals surface area contributed by atoms with E-state index >= 15 is 0 Å². The van der Waals surface area contributed by atoms with E-state index in [2.05, 4.69) is 5.32 Å². The first-order valence-corrected chi connectivity index (χ1v) is 8.09. The number of likely N-dealkylation sites (N-methyl/N-ethyl adjacent to an activating group) is 1. The van der Waals surface area contributed by atoms with Crippen LogP contribution in [0.25, 0.3) is 0 Å². The number of alkyl halides is 3. The summed E-state index contributed by atoms with van der Waals surface area (Å²) in [5.74, 6) is -0.556. The van der Waals surface area contributed by atoms with Gasteiger partial charge >= 0.3 is 6.18 Å². The fraction of sp³-hybridized carbons (Fsp3) is 0.333. The van der Waals surface area contributed by atoms with Crippen molar-refractivity contribution in [3.05, 3.63) is 45.8 Å². The Labute approximate surface area is 147 Å². The Morgan fingerprint density at radius 1 is 1.42 bits per heavy atom. The number of halogens is 4. The SMILES string of the molecule is CCN(S/C(=C/C=N)C(=O)NC)[C@H](c1ccc(Cl)cc1)C(F)(F)F. The van der Waals surface area contributed by atoms with E-state index in [1.54, 1.807) is 6.92 Å². The minimum absolute atomic E-state index is 0.00226. The number of nitrogens with zero attached hydrogens (tertiary/aromatic N) is 1. The number of hydrogen-bond donors (Lipinski definition) is 2. The van der Waals surface area contributed by atoms with E-state index in [0.717, 1.165) is 16.6 Å². The van der Waals surface area contributed by atoms with Crippen molar-refractivity contribution < 1.29 is 18.0 Å². The molecule has 1 atom stereocenters. The molecule has 0 aromatic heterocycles. The third kappa shape index (κ3) is 5.54. The second-order valence-electron chi connectivity index (χ2n) is 4.60. The van der Waals surface area contributed by atoms with Gasteiger partial charge in [0.05, 0.1) is 4.91 Å². The third-order valence-corrected chi connectivity index (χ3v) is 4.47. The number of carbonyl (C=O) groups excluding carboxylic acids is 1. The second kappa shape index (κ2) is 9.10.